The van der Waals surface area contributed by atoms with E-state index in [-0.39, 0.29) is 11.8 Å². The van der Waals surface area contributed by atoms with Gasteiger partial charge in [-0.3, -0.25) is 4.79 Å². The second-order valence-corrected chi connectivity index (χ2v) is 4.13. The van der Waals surface area contributed by atoms with Crippen molar-refractivity contribution in [2.24, 2.45) is 5.92 Å². The molecule has 0 fully saturated rings. The summed E-state index contributed by atoms with van der Waals surface area (Å²) in [6, 6.07) is 5.33. The number of nitriles is 1. The number of rotatable bonds is 4. The minimum Gasteiger partial charge on any atom is -0.338 e. The Hall–Kier alpha value is -1.60. The van der Waals surface area contributed by atoms with Crippen LogP contribution in [0.2, 0.25) is 5.15 Å². The molecule has 1 aromatic heterocycles. The van der Waals surface area contributed by atoms with Crippen molar-refractivity contribution in [2.45, 2.75) is 13.8 Å². The van der Waals surface area contributed by atoms with Crippen molar-refractivity contribution in [1.82, 2.24) is 9.88 Å². The van der Waals surface area contributed by atoms with Crippen LogP contribution in [0.4, 0.5) is 0 Å². The summed E-state index contributed by atoms with van der Waals surface area (Å²) in [6.07, 6.45) is 1.45. The second-order valence-electron chi connectivity index (χ2n) is 3.74. The number of halogens is 1. The molecule has 0 aliphatic carbocycles. The Morgan fingerprint density at radius 3 is 2.82 bits per heavy atom. The summed E-state index contributed by atoms with van der Waals surface area (Å²) in [5.74, 6) is -0.307. The number of aromatic nitrogens is 1. The fourth-order valence-corrected chi connectivity index (χ4v) is 1.52. The number of amides is 1. The molecule has 5 heteroatoms. The highest BCUT2D eigenvalue weighted by Crippen LogP contribution is 2.09. The summed E-state index contributed by atoms with van der Waals surface area (Å²) in [5, 5.41) is 9.11. The molecule has 0 saturated carbocycles. The summed E-state index contributed by atoms with van der Waals surface area (Å²) < 4.78 is 0. The van der Waals surface area contributed by atoms with Crippen LogP contribution in [0.5, 0.6) is 0 Å². The Kier molecular flexibility index (Phi) is 4.92. The maximum Gasteiger partial charge on any atom is 0.255 e. The number of nitrogens with zero attached hydrogens (tertiary/aromatic N) is 3. The van der Waals surface area contributed by atoms with Gasteiger partial charge in [-0.15, -0.1) is 0 Å². The van der Waals surface area contributed by atoms with Crippen LogP contribution in [-0.4, -0.2) is 28.9 Å². The van der Waals surface area contributed by atoms with E-state index in [0.29, 0.717) is 23.8 Å². The minimum absolute atomic E-state index is 0.126. The molecule has 1 aromatic rings. The van der Waals surface area contributed by atoms with Gasteiger partial charge in [0.25, 0.3) is 5.91 Å². The molecule has 1 atom stereocenters. The minimum atomic E-state index is -0.181. The smallest absolute Gasteiger partial charge is 0.255 e. The Balaban J connectivity index is 2.79. The second kappa shape index (κ2) is 6.21. The summed E-state index contributed by atoms with van der Waals surface area (Å²) in [5.41, 5.74) is 0.487. The first-order valence-corrected chi connectivity index (χ1v) is 5.76. The number of pyridine rings is 1. The Morgan fingerprint density at radius 2 is 2.35 bits per heavy atom. The van der Waals surface area contributed by atoms with E-state index in [1.807, 2.05) is 6.92 Å². The molecule has 0 bridgehead atoms. The van der Waals surface area contributed by atoms with Crippen molar-refractivity contribution in [3.63, 3.8) is 0 Å². The lowest BCUT2D eigenvalue weighted by Gasteiger charge is -2.21. The zero-order chi connectivity index (χ0) is 12.8. The first-order chi connectivity index (χ1) is 8.08. The molecule has 0 aliphatic rings. The van der Waals surface area contributed by atoms with Gasteiger partial charge in [-0.1, -0.05) is 11.6 Å². The van der Waals surface area contributed by atoms with E-state index in [4.69, 9.17) is 16.9 Å². The molecule has 0 aliphatic heterocycles. The lowest BCUT2D eigenvalue weighted by atomic mass is 10.1. The first kappa shape index (κ1) is 13.5. The molecule has 0 aromatic carbocycles. The summed E-state index contributed by atoms with van der Waals surface area (Å²) in [7, 11) is 0. The van der Waals surface area contributed by atoms with Crippen LogP contribution >= 0.6 is 11.6 Å². The highest BCUT2D eigenvalue weighted by atomic mass is 35.5. The molecule has 0 saturated heterocycles. The van der Waals surface area contributed by atoms with Crippen molar-refractivity contribution < 1.29 is 4.79 Å². The number of hydrogen-bond acceptors (Lipinski definition) is 3. The molecule has 0 unspecified atom stereocenters. The molecule has 4 nitrogen and oxygen atoms in total. The predicted molar refractivity (Wildman–Crippen MR) is 65.6 cm³/mol. The van der Waals surface area contributed by atoms with Gasteiger partial charge in [0.15, 0.2) is 0 Å². The molecule has 1 amide bonds. The van der Waals surface area contributed by atoms with E-state index < -0.39 is 0 Å². The van der Waals surface area contributed by atoms with Gasteiger partial charge in [0.1, 0.15) is 5.15 Å². The van der Waals surface area contributed by atoms with Gasteiger partial charge >= 0.3 is 0 Å². The van der Waals surface area contributed by atoms with Crippen LogP contribution in [0.15, 0.2) is 18.3 Å². The lowest BCUT2D eigenvalue weighted by Crippen LogP contribution is -2.34. The van der Waals surface area contributed by atoms with Crippen molar-refractivity contribution >= 4 is 17.5 Å². The molecule has 1 heterocycles. The number of carbonyl (C=O) groups excluding carboxylic acids is 1. The normalized spacial score (nSPS) is 11.6. The molecule has 0 radical (unpaired) electrons. The van der Waals surface area contributed by atoms with Crippen LogP contribution < -0.4 is 0 Å². The zero-order valence-electron chi connectivity index (χ0n) is 9.85. The van der Waals surface area contributed by atoms with Gasteiger partial charge in [-0.25, -0.2) is 4.98 Å². The highest BCUT2D eigenvalue weighted by Gasteiger charge is 2.16. The Bertz CT molecular complexity index is 424. The number of hydrogen-bond donors (Lipinski definition) is 0. The van der Waals surface area contributed by atoms with Gasteiger partial charge in [-0.05, 0) is 26.0 Å². The largest absolute Gasteiger partial charge is 0.338 e. The van der Waals surface area contributed by atoms with Crippen molar-refractivity contribution in [3.05, 3.63) is 29.0 Å². The average molecular weight is 252 g/mol. The van der Waals surface area contributed by atoms with E-state index in [9.17, 15) is 4.79 Å². The highest BCUT2D eigenvalue weighted by molar-refractivity contribution is 6.29. The van der Waals surface area contributed by atoms with Gasteiger partial charge in [0.2, 0.25) is 0 Å². The third-order valence-electron chi connectivity index (χ3n) is 2.36. The van der Waals surface area contributed by atoms with Crippen molar-refractivity contribution in [3.8, 4) is 6.07 Å². The van der Waals surface area contributed by atoms with Crippen molar-refractivity contribution in [2.75, 3.05) is 13.1 Å². The predicted octanol–water partition coefficient (Wildman–Crippen LogP) is 2.36. The first-order valence-electron chi connectivity index (χ1n) is 5.39. The van der Waals surface area contributed by atoms with Crippen LogP contribution in [0.3, 0.4) is 0 Å². The molecule has 17 heavy (non-hydrogen) atoms. The summed E-state index contributed by atoms with van der Waals surface area (Å²) >= 11 is 5.66. The SMILES string of the molecule is CCN(C[C@@H](C)C#N)C(=O)c1ccc(Cl)nc1. The molecule has 90 valence electrons. The molecule has 0 spiro atoms. The Labute approximate surface area is 106 Å². The van der Waals surface area contributed by atoms with Gasteiger partial charge < -0.3 is 4.90 Å². The van der Waals surface area contributed by atoms with E-state index in [1.165, 1.54) is 6.20 Å². The quantitative estimate of drug-likeness (QED) is 0.772. The van der Waals surface area contributed by atoms with E-state index in [0.717, 1.165) is 0 Å². The monoisotopic (exact) mass is 251 g/mol. The van der Waals surface area contributed by atoms with E-state index in [1.54, 1.807) is 24.0 Å². The fourth-order valence-electron chi connectivity index (χ4n) is 1.41. The van der Waals surface area contributed by atoms with Gasteiger partial charge in [0, 0.05) is 19.3 Å². The van der Waals surface area contributed by atoms with Crippen LogP contribution in [0.25, 0.3) is 0 Å². The van der Waals surface area contributed by atoms with Crippen LogP contribution in [0, 0.1) is 17.2 Å². The average Bonchev–Trinajstić information content (AvgIpc) is 2.35. The summed E-state index contributed by atoms with van der Waals surface area (Å²) in [4.78, 5) is 17.6. The molecule has 1 rings (SSSR count). The maximum absolute atomic E-state index is 12.1. The number of carbonyl (C=O) groups is 1. The van der Waals surface area contributed by atoms with Gasteiger partial charge in [-0.2, -0.15) is 5.26 Å². The Morgan fingerprint density at radius 1 is 1.65 bits per heavy atom. The topological polar surface area (TPSA) is 57.0 Å². The molecular weight excluding hydrogens is 238 g/mol. The maximum atomic E-state index is 12.1. The van der Waals surface area contributed by atoms with Crippen LogP contribution in [0.1, 0.15) is 24.2 Å². The third-order valence-corrected chi connectivity index (χ3v) is 2.58. The van der Waals surface area contributed by atoms with Crippen molar-refractivity contribution in [1.29, 1.82) is 5.26 Å². The van der Waals surface area contributed by atoms with Crippen LogP contribution in [-0.2, 0) is 0 Å². The molecular formula is C12H14ClN3O. The standard InChI is InChI=1S/C12H14ClN3O/c1-3-16(8-9(2)6-14)12(17)10-4-5-11(13)15-7-10/h4-5,7,9H,3,8H2,1-2H3/t9-/m0/s1. The third kappa shape index (κ3) is 3.72. The fraction of sp³-hybridized carbons (Fsp3) is 0.417. The van der Waals surface area contributed by atoms with E-state index >= 15 is 0 Å². The van der Waals surface area contributed by atoms with E-state index in [2.05, 4.69) is 11.1 Å². The summed E-state index contributed by atoms with van der Waals surface area (Å²) in [6.45, 7) is 4.66. The zero-order valence-corrected chi connectivity index (χ0v) is 10.6. The van der Waals surface area contributed by atoms with Gasteiger partial charge in [0.05, 0.1) is 17.6 Å². The lowest BCUT2D eigenvalue weighted by molar-refractivity contribution is 0.0752. The molecule has 0 N–H and O–H groups in total.